The van der Waals surface area contributed by atoms with E-state index in [1.165, 1.54) is 50.7 Å². The number of non-ortho nitro benzene ring substituents is 1. The first-order valence-corrected chi connectivity index (χ1v) is 9.55. The van der Waals surface area contributed by atoms with Crippen LogP contribution in [0.3, 0.4) is 0 Å². The molecule has 5 nitrogen and oxygen atoms in total. The molecule has 1 aromatic rings. The van der Waals surface area contributed by atoms with Gasteiger partial charge in [-0.05, 0) is 24.3 Å². The van der Waals surface area contributed by atoms with Gasteiger partial charge in [-0.3, -0.25) is 14.9 Å². The highest BCUT2D eigenvalue weighted by molar-refractivity contribution is 5.85. The number of nitrogens with two attached hydrogens (primary N) is 1. The molecule has 2 rings (SSSR count). The maximum atomic E-state index is 12.0. The molecule has 0 saturated heterocycles. The number of hydrogen-bond acceptors (Lipinski definition) is 3. The Bertz CT molecular complexity index is 585. The number of hydrogen-bond donors (Lipinski definition) is 1. The zero-order valence-electron chi connectivity index (χ0n) is 15.2. The third-order valence-electron chi connectivity index (χ3n) is 5.55. The number of benzene rings is 1. The second-order valence-corrected chi connectivity index (χ2v) is 7.35. The van der Waals surface area contributed by atoms with Crippen molar-refractivity contribution in [3.63, 3.8) is 0 Å². The summed E-state index contributed by atoms with van der Waals surface area (Å²) in [7, 11) is 0. The maximum absolute atomic E-state index is 12.0. The van der Waals surface area contributed by atoms with Gasteiger partial charge in [0.05, 0.1) is 10.3 Å². The van der Waals surface area contributed by atoms with E-state index in [0.29, 0.717) is 0 Å². The van der Waals surface area contributed by atoms with E-state index in [1.54, 1.807) is 12.1 Å². The summed E-state index contributed by atoms with van der Waals surface area (Å²) in [6.45, 7) is 2.22. The lowest BCUT2D eigenvalue weighted by Crippen LogP contribution is -2.26. The first kappa shape index (κ1) is 19.4. The Kier molecular flexibility index (Phi) is 6.97. The van der Waals surface area contributed by atoms with Crippen molar-refractivity contribution in [3.8, 4) is 0 Å². The SMILES string of the molecule is CCCCCCCCCCC1(C(N)=O)CC1c1ccc([N+](=O)[O-])cc1. The van der Waals surface area contributed by atoms with Crippen LogP contribution in [0, 0.1) is 15.5 Å². The van der Waals surface area contributed by atoms with Crippen molar-refractivity contribution in [3.05, 3.63) is 39.9 Å². The molecule has 1 saturated carbocycles. The normalized spacial score (nSPS) is 21.9. The van der Waals surface area contributed by atoms with E-state index < -0.39 is 10.3 Å². The number of carbonyl (C=O) groups excluding carboxylic acids is 1. The van der Waals surface area contributed by atoms with E-state index in [0.717, 1.165) is 31.2 Å². The molecule has 5 heteroatoms. The molecule has 1 aliphatic carbocycles. The molecule has 0 radical (unpaired) electrons. The van der Waals surface area contributed by atoms with Crippen molar-refractivity contribution in [2.24, 2.45) is 11.1 Å². The fourth-order valence-corrected chi connectivity index (χ4v) is 3.82. The smallest absolute Gasteiger partial charge is 0.269 e. The van der Waals surface area contributed by atoms with Crippen molar-refractivity contribution in [1.82, 2.24) is 0 Å². The van der Waals surface area contributed by atoms with Gasteiger partial charge in [-0.1, -0.05) is 70.4 Å². The van der Waals surface area contributed by atoms with Gasteiger partial charge < -0.3 is 5.73 Å². The molecule has 0 heterocycles. The van der Waals surface area contributed by atoms with E-state index in [1.807, 2.05) is 0 Å². The minimum absolute atomic E-state index is 0.0807. The number of primary amides is 1. The van der Waals surface area contributed by atoms with Gasteiger partial charge in [0, 0.05) is 12.1 Å². The molecule has 138 valence electrons. The summed E-state index contributed by atoms with van der Waals surface area (Å²) < 4.78 is 0. The average Bonchev–Trinajstić information content (AvgIpc) is 3.33. The highest BCUT2D eigenvalue weighted by Crippen LogP contribution is 2.62. The Balaban J connectivity index is 1.79. The molecule has 1 amide bonds. The molecule has 2 unspecified atom stereocenters. The van der Waals surface area contributed by atoms with Crippen LogP contribution in [0.4, 0.5) is 5.69 Å². The quantitative estimate of drug-likeness (QED) is 0.325. The first-order valence-electron chi connectivity index (χ1n) is 9.55. The van der Waals surface area contributed by atoms with Gasteiger partial charge in [0.2, 0.25) is 5.91 Å². The molecule has 0 aromatic heterocycles. The minimum atomic E-state index is -0.432. The third kappa shape index (κ3) is 5.03. The van der Waals surface area contributed by atoms with Crippen LogP contribution >= 0.6 is 0 Å². The van der Waals surface area contributed by atoms with Crippen LogP contribution in [0.2, 0.25) is 0 Å². The van der Waals surface area contributed by atoms with Crippen molar-refractivity contribution < 1.29 is 9.72 Å². The second-order valence-electron chi connectivity index (χ2n) is 7.35. The molecule has 0 bridgehead atoms. The van der Waals surface area contributed by atoms with Crippen molar-refractivity contribution >= 4 is 11.6 Å². The molecule has 0 spiro atoms. The number of carbonyl (C=O) groups is 1. The standard InChI is InChI=1S/C20H30N2O3/c1-2-3-4-5-6-7-8-9-14-20(19(21)23)15-18(20)16-10-12-17(13-11-16)22(24)25/h10-13,18H,2-9,14-15H2,1H3,(H2,21,23). The average molecular weight is 346 g/mol. The summed E-state index contributed by atoms with van der Waals surface area (Å²) >= 11 is 0. The van der Waals surface area contributed by atoms with E-state index in [-0.39, 0.29) is 17.5 Å². The lowest BCUT2D eigenvalue weighted by atomic mass is 9.91. The highest BCUT2D eigenvalue weighted by Gasteiger charge is 2.58. The van der Waals surface area contributed by atoms with Gasteiger partial charge in [-0.25, -0.2) is 0 Å². The van der Waals surface area contributed by atoms with Crippen LogP contribution in [0.25, 0.3) is 0 Å². The van der Waals surface area contributed by atoms with Crippen LogP contribution in [0.5, 0.6) is 0 Å². The molecule has 1 aromatic carbocycles. The summed E-state index contributed by atoms with van der Waals surface area (Å²) in [6.07, 6.45) is 11.5. The fourth-order valence-electron chi connectivity index (χ4n) is 3.82. The Morgan fingerprint density at radius 3 is 2.20 bits per heavy atom. The van der Waals surface area contributed by atoms with Gasteiger partial charge >= 0.3 is 0 Å². The number of unbranched alkanes of at least 4 members (excludes halogenated alkanes) is 7. The van der Waals surface area contributed by atoms with Crippen LogP contribution < -0.4 is 5.73 Å². The van der Waals surface area contributed by atoms with Gasteiger partial charge in [0.15, 0.2) is 0 Å². The predicted molar refractivity (Wildman–Crippen MR) is 99.3 cm³/mol. The Morgan fingerprint density at radius 2 is 1.68 bits per heavy atom. The number of amides is 1. The number of nitro benzene ring substituents is 1. The summed E-state index contributed by atoms with van der Waals surface area (Å²) in [5.41, 5.74) is 6.33. The Hall–Kier alpha value is -1.91. The van der Waals surface area contributed by atoms with Gasteiger partial charge in [-0.15, -0.1) is 0 Å². The van der Waals surface area contributed by atoms with Crippen molar-refractivity contribution in [2.45, 2.75) is 77.0 Å². The lowest BCUT2D eigenvalue weighted by Gasteiger charge is -2.13. The van der Waals surface area contributed by atoms with E-state index in [2.05, 4.69) is 6.92 Å². The zero-order chi connectivity index (χ0) is 18.3. The number of nitro groups is 1. The molecule has 25 heavy (non-hydrogen) atoms. The van der Waals surface area contributed by atoms with Gasteiger partial charge in [0.1, 0.15) is 0 Å². The largest absolute Gasteiger partial charge is 0.369 e. The van der Waals surface area contributed by atoms with Crippen LogP contribution in [0.1, 0.15) is 82.6 Å². The molecule has 1 fully saturated rings. The van der Waals surface area contributed by atoms with Crippen molar-refractivity contribution in [1.29, 1.82) is 0 Å². The fraction of sp³-hybridized carbons (Fsp3) is 0.650. The monoisotopic (exact) mass is 346 g/mol. The molecule has 0 aliphatic heterocycles. The summed E-state index contributed by atoms with van der Waals surface area (Å²) in [6, 6.07) is 6.55. The van der Waals surface area contributed by atoms with Gasteiger partial charge in [0.25, 0.3) is 5.69 Å². The molecule has 2 N–H and O–H groups in total. The van der Waals surface area contributed by atoms with Crippen LogP contribution in [0.15, 0.2) is 24.3 Å². The molecule has 1 aliphatic rings. The van der Waals surface area contributed by atoms with Gasteiger partial charge in [-0.2, -0.15) is 0 Å². The third-order valence-corrected chi connectivity index (χ3v) is 5.55. The van der Waals surface area contributed by atoms with Crippen LogP contribution in [-0.4, -0.2) is 10.8 Å². The zero-order valence-corrected chi connectivity index (χ0v) is 15.2. The highest BCUT2D eigenvalue weighted by atomic mass is 16.6. The molecule has 2 atom stereocenters. The minimum Gasteiger partial charge on any atom is -0.369 e. The summed E-state index contributed by atoms with van der Waals surface area (Å²) in [5, 5.41) is 10.8. The molecular formula is C20H30N2O3. The lowest BCUT2D eigenvalue weighted by molar-refractivity contribution is -0.384. The Morgan fingerprint density at radius 1 is 1.12 bits per heavy atom. The first-order chi connectivity index (χ1) is 12.0. The van der Waals surface area contributed by atoms with Crippen molar-refractivity contribution in [2.75, 3.05) is 0 Å². The van der Waals surface area contributed by atoms with E-state index in [4.69, 9.17) is 5.73 Å². The Labute approximate surface area is 150 Å². The number of nitrogens with zero attached hydrogens (tertiary/aromatic N) is 1. The topological polar surface area (TPSA) is 86.2 Å². The van der Waals surface area contributed by atoms with E-state index >= 15 is 0 Å². The summed E-state index contributed by atoms with van der Waals surface area (Å²) in [5.74, 6) is -0.103. The summed E-state index contributed by atoms with van der Waals surface area (Å²) in [4.78, 5) is 22.3. The second kappa shape index (κ2) is 8.97. The number of rotatable bonds is 12. The van der Waals surface area contributed by atoms with Crippen LogP contribution in [-0.2, 0) is 4.79 Å². The molecular weight excluding hydrogens is 316 g/mol. The predicted octanol–water partition coefficient (Wildman–Crippen LogP) is 5.08. The van der Waals surface area contributed by atoms with E-state index in [9.17, 15) is 14.9 Å². The maximum Gasteiger partial charge on any atom is 0.269 e.